The van der Waals surface area contributed by atoms with Crippen LogP contribution in [-0.4, -0.2) is 117 Å². The van der Waals surface area contributed by atoms with Crippen molar-refractivity contribution in [2.24, 2.45) is 139 Å². The van der Waals surface area contributed by atoms with E-state index < -0.39 is 49.6 Å². The highest BCUT2D eigenvalue weighted by molar-refractivity contribution is 7.90. The fraction of sp³-hybridized carbons (Fsp3) is 0.935. The maximum absolute atomic E-state index is 13.4. The molecule has 12 saturated carbocycles. The van der Waals surface area contributed by atoms with E-state index in [9.17, 15) is 64.8 Å². The molecule has 12 aliphatic carbocycles. The highest BCUT2D eigenvalue weighted by atomic mass is 32.2. The van der Waals surface area contributed by atoms with E-state index in [4.69, 9.17) is 5.11 Å². The van der Waals surface area contributed by atoms with Crippen LogP contribution in [0.4, 0.5) is 13.2 Å². The number of aromatic nitrogens is 3. The Bertz CT molecular complexity index is 3260. The summed E-state index contributed by atoms with van der Waals surface area (Å²) in [6.07, 6.45) is 31.0. The number of aliphatic hydroxyl groups excluding tert-OH is 3. The van der Waals surface area contributed by atoms with Crippen molar-refractivity contribution in [1.29, 1.82) is 0 Å². The average molecular weight is 1440 g/mol. The SMILES string of the molecule is CC(=O)CC[C@@H](C)[C@H]1CCC2C3C(CC[C@@]21C)[C@@]1(C)CC[C@@H](O)CC1C[C@@H]3n1ccnn1.C[C@H](CCC(=O)O)[C@H]1CCC2C3C(CC[C@@]21C)[C@@]1(C)CC[C@@H](O)CC1C[C@@H]3NS(=O)(=O)C(F)(F)F.C[C@H](CCC(=O)O)[C@H]1CCC2C3C(CC[C@@]21C)[C@@]1(C)CC[C@@H](O)CC1C[C@@H]3NS(C)(=O)=O. The Hall–Kier alpha value is -2.76. The number of hydrogen-bond acceptors (Lipinski definition) is 12. The first-order chi connectivity index (χ1) is 46.2. The number of carbonyl (C=O) groups excluding carboxylic acids is 1. The molecule has 12 unspecified atom stereocenters. The van der Waals surface area contributed by atoms with Crippen LogP contribution >= 0.6 is 0 Å². The third-order valence-corrected chi connectivity index (χ3v) is 34.6. The molecular weight excluding hydrogens is 1310 g/mol. The predicted molar refractivity (Wildman–Crippen MR) is 374 cm³/mol. The maximum Gasteiger partial charge on any atom is 0.511 e. The molecule has 0 saturated heterocycles. The fourth-order valence-electron chi connectivity index (χ4n) is 27.8. The zero-order valence-electron chi connectivity index (χ0n) is 61.6. The van der Waals surface area contributed by atoms with Crippen LogP contribution in [0, 0.1) is 139 Å². The molecule has 1 aromatic heterocycles. The molecule has 99 heavy (non-hydrogen) atoms. The van der Waals surface area contributed by atoms with Gasteiger partial charge in [-0.15, -0.1) is 5.10 Å². The van der Waals surface area contributed by atoms with E-state index >= 15 is 0 Å². The number of aliphatic hydroxyl groups is 3. The topological polar surface area (TPSA) is 275 Å². The second-order valence-corrected chi connectivity index (χ2v) is 40.8. The van der Waals surface area contributed by atoms with E-state index in [-0.39, 0.29) is 88.3 Å². The first-order valence-electron chi connectivity index (χ1n) is 39.1. The normalized spacial score (nSPS) is 46.2. The monoisotopic (exact) mass is 1430 g/mol. The van der Waals surface area contributed by atoms with Crippen molar-refractivity contribution in [2.75, 3.05) is 6.26 Å². The number of carboxylic acids is 2. The number of fused-ring (bicyclic) bond motifs is 15. The summed E-state index contributed by atoms with van der Waals surface area (Å²) in [5.74, 6) is 5.75. The van der Waals surface area contributed by atoms with E-state index in [2.05, 4.69) is 92.9 Å². The highest BCUT2D eigenvalue weighted by Gasteiger charge is 2.68. The number of halogens is 3. The minimum absolute atomic E-state index is 0.0236. The first-order valence-corrected chi connectivity index (χ1v) is 42.4. The zero-order chi connectivity index (χ0) is 72.1. The number of nitrogens with zero attached hydrogens (tertiary/aromatic N) is 3. The molecule has 1 aromatic rings. The molecule has 564 valence electrons. The Morgan fingerprint density at radius 2 is 0.848 bits per heavy atom. The number of aliphatic carboxylic acids is 2. The number of carbonyl (C=O) groups is 3. The quantitative estimate of drug-likeness (QED) is 0.0764. The van der Waals surface area contributed by atoms with Gasteiger partial charge in [0.2, 0.25) is 10.0 Å². The number of nitrogens with one attached hydrogen (secondary N) is 2. The number of sulfonamides is 2. The number of carboxylic acid groups (broad SMARTS) is 2. The van der Waals surface area contributed by atoms with Gasteiger partial charge in [-0.25, -0.2) is 31.0 Å². The summed E-state index contributed by atoms with van der Waals surface area (Å²) >= 11 is 0. The third-order valence-electron chi connectivity index (χ3n) is 32.6. The van der Waals surface area contributed by atoms with E-state index in [1.54, 1.807) is 6.92 Å². The number of rotatable bonds is 17. The van der Waals surface area contributed by atoms with Crippen molar-refractivity contribution < 1.29 is 69.9 Å². The summed E-state index contributed by atoms with van der Waals surface area (Å²) in [6.45, 7) is 22.8. The molecule has 12 fully saturated rings. The van der Waals surface area contributed by atoms with Gasteiger partial charge in [-0.05, 0) is 319 Å². The number of Topliss-reactive ketones (excluding diaryl/α,β-unsaturated/α-hetero) is 1. The van der Waals surface area contributed by atoms with E-state index in [0.29, 0.717) is 108 Å². The van der Waals surface area contributed by atoms with E-state index in [1.165, 1.54) is 38.4 Å². The van der Waals surface area contributed by atoms with Crippen LogP contribution in [0.25, 0.3) is 0 Å². The van der Waals surface area contributed by atoms with Crippen molar-refractivity contribution >= 4 is 37.8 Å². The van der Waals surface area contributed by atoms with E-state index in [0.717, 1.165) is 134 Å². The van der Waals surface area contributed by atoms with Crippen molar-refractivity contribution in [1.82, 2.24) is 24.4 Å². The summed E-state index contributed by atoms with van der Waals surface area (Å²) in [5.41, 5.74) is -4.61. The molecule has 0 aliphatic heterocycles. The zero-order valence-corrected chi connectivity index (χ0v) is 63.2. The van der Waals surface area contributed by atoms with Gasteiger partial charge in [0.1, 0.15) is 5.78 Å². The molecule has 7 N–H and O–H groups in total. The molecule has 22 heteroatoms. The maximum atomic E-state index is 13.4. The van der Waals surface area contributed by atoms with Gasteiger partial charge in [-0.1, -0.05) is 67.5 Å². The van der Waals surface area contributed by atoms with Crippen LogP contribution in [0.2, 0.25) is 0 Å². The van der Waals surface area contributed by atoms with Gasteiger partial charge in [0.05, 0.1) is 36.8 Å². The minimum Gasteiger partial charge on any atom is -0.481 e. The van der Waals surface area contributed by atoms with Crippen LogP contribution in [-0.2, 0) is 34.4 Å². The largest absolute Gasteiger partial charge is 0.511 e. The molecule has 1 heterocycles. The lowest BCUT2D eigenvalue weighted by Crippen LogP contribution is -2.63. The van der Waals surface area contributed by atoms with Gasteiger partial charge in [-0.3, -0.25) is 9.59 Å². The van der Waals surface area contributed by atoms with Gasteiger partial charge in [0, 0.05) is 37.5 Å². The predicted octanol–water partition coefficient (Wildman–Crippen LogP) is 14.4. The van der Waals surface area contributed by atoms with Crippen LogP contribution in [0.3, 0.4) is 0 Å². The molecule has 30 atom stereocenters. The Morgan fingerprint density at radius 1 is 0.505 bits per heavy atom. The Kier molecular flexibility index (Phi) is 22.5. The summed E-state index contributed by atoms with van der Waals surface area (Å²) in [4.78, 5) is 33.9. The number of hydrogen-bond donors (Lipinski definition) is 7. The molecule has 0 radical (unpaired) electrons. The van der Waals surface area contributed by atoms with Crippen LogP contribution < -0.4 is 9.44 Å². The number of ketones is 1. The summed E-state index contributed by atoms with van der Waals surface area (Å²) in [7, 11) is -8.81. The van der Waals surface area contributed by atoms with Crippen molar-refractivity contribution in [3.05, 3.63) is 12.4 Å². The van der Waals surface area contributed by atoms with Gasteiger partial charge >= 0.3 is 27.5 Å². The molecule has 0 spiro atoms. The molecular formula is C77H126F3N5O12S2. The lowest BCUT2D eigenvalue weighted by Gasteiger charge is -2.63. The average Bonchev–Trinajstić information content (AvgIpc) is 1.71. The Labute approximate surface area is 590 Å². The lowest BCUT2D eigenvalue weighted by molar-refractivity contribution is -0.151. The first kappa shape index (κ1) is 77.3. The standard InChI is InChI=1S/C27H43N3O2.C25H40F3NO5S.C25H43NO5S/c1-17(5-6-18(2)31)21-7-8-22-25-23(10-12-27(21,22)4)26(3)11-9-20(32)15-19(26)16-24(25)30-14-13-28-29-30;1-14(4-7-21(31)32)17-5-6-18-22-19(9-11-24(17,18)3)23(2)10-8-16(30)12-15(23)13-20(22)29-35(33,34)25(26,27)28;1-15(5-8-22(28)29)18-6-7-19-23-20(10-12-25(18,19)3)24(2)11-9-17(27)13-16(24)14-21(23)26-32(4,30)31/h13-14,17,19-25,32H,5-12,15-16H2,1-4H3;14-20,22,29-30H,4-13H2,1-3H3,(H,31,32);15-21,23,26-27H,5-14H2,1-4H3,(H,28,29)/t17-,19?,20-,21-,22?,23?,24+,25?,26+,27-;14-,15?,16-,17-,18?,19?,20+,22?,23+,24-;15-,16?,17-,18-,19?,20?,21+,23?,24+,25-/m111/s1. The second kappa shape index (κ2) is 28.8. The minimum atomic E-state index is -5.49. The van der Waals surface area contributed by atoms with Crippen molar-refractivity contribution in [3.63, 3.8) is 0 Å². The Morgan fingerprint density at radius 3 is 1.20 bits per heavy atom. The summed E-state index contributed by atoms with van der Waals surface area (Å²) in [5, 5.41) is 58.2. The van der Waals surface area contributed by atoms with Crippen LogP contribution in [0.15, 0.2) is 12.4 Å². The summed E-state index contributed by atoms with van der Waals surface area (Å²) in [6, 6.07) is -0.467. The molecule has 0 amide bonds. The fourth-order valence-corrected chi connectivity index (χ4v) is 29.4. The molecule has 0 aromatic carbocycles. The molecule has 17 nitrogen and oxygen atoms in total. The lowest BCUT2D eigenvalue weighted by atomic mass is 9.43. The molecule has 0 bridgehead atoms. The number of alkyl halides is 3. The van der Waals surface area contributed by atoms with Gasteiger partial charge < -0.3 is 30.3 Å². The van der Waals surface area contributed by atoms with E-state index in [1.807, 2.05) is 6.20 Å². The molecule has 12 aliphatic rings. The smallest absolute Gasteiger partial charge is 0.481 e. The van der Waals surface area contributed by atoms with Crippen LogP contribution in [0.5, 0.6) is 0 Å². The molecule has 13 rings (SSSR count). The van der Waals surface area contributed by atoms with Gasteiger partial charge in [0.15, 0.2) is 0 Å². The third kappa shape index (κ3) is 14.7. The van der Waals surface area contributed by atoms with Crippen molar-refractivity contribution in [2.45, 2.75) is 304 Å². The van der Waals surface area contributed by atoms with Crippen molar-refractivity contribution in [3.8, 4) is 0 Å². The van der Waals surface area contributed by atoms with Gasteiger partial charge in [0.25, 0.3) is 0 Å². The van der Waals surface area contributed by atoms with Gasteiger partial charge in [-0.2, -0.15) is 13.2 Å². The Balaban J connectivity index is 0.000000150. The second-order valence-electron chi connectivity index (χ2n) is 37.3. The summed E-state index contributed by atoms with van der Waals surface area (Å²) < 4.78 is 96.8. The van der Waals surface area contributed by atoms with Crippen LogP contribution in [0.1, 0.15) is 268 Å². The highest BCUT2D eigenvalue weighted by Crippen LogP contribution is 2.73.